The molecule has 0 saturated heterocycles. The second-order valence-electron chi connectivity index (χ2n) is 4.29. The number of benzene rings is 2. The molecule has 0 aliphatic rings. The van der Waals surface area contributed by atoms with E-state index in [1.165, 1.54) is 0 Å². The molecular formula is C15H14BrNO. The van der Waals surface area contributed by atoms with Gasteiger partial charge >= 0.3 is 0 Å². The molecule has 0 aliphatic heterocycles. The SMILES string of the molecule is Cc1cc(Br)cc(C(=O)Nc2ccccc2C)c1. The van der Waals surface area contributed by atoms with E-state index >= 15 is 0 Å². The van der Waals surface area contributed by atoms with Crippen molar-refractivity contribution in [2.24, 2.45) is 0 Å². The molecule has 2 aromatic rings. The lowest BCUT2D eigenvalue weighted by molar-refractivity contribution is 0.102. The first-order chi connectivity index (χ1) is 8.56. The van der Waals surface area contributed by atoms with Gasteiger partial charge in [0.25, 0.3) is 5.91 Å². The lowest BCUT2D eigenvalue weighted by Gasteiger charge is -2.09. The number of hydrogen-bond donors (Lipinski definition) is 1. The smallest absolute Gasteiger partial charge is 0.255 e. The number of carbonyl (C=O) groups excluding carboxylic acids is 1. The number of hydrogen-bond acceptors (Lipinski definition) is 1. The molecular weight excluding hydrogens is 290 g/mol. The van der Waals surface area contributed by atoms with Gasteiger partial charge in [0.05, 0.1) is 0 Å². The van der Waals surface area contributed by atoms with E-state index in [9.17, 15) is 4.79 Å². The van der Waals surface area contributed by atoms with Crippen molar-refractivity contribution in [3.63, 3.8) is 0 Å². The van der Waals surface area contributed by atoms with Gasteiger partial charge in [-0.05, 0) is 49.2 Å². The molecule has 0 aromatic heterocycles. The summed E-state index contributed by atoms with van der Waals surface area (Å²) in [6.45, 7) is 3.94. The molecule has 0 radical (unpaired) electrons. The van der Waals surface area contributed by atoms with Crippen molar-refractivity contribution in [2.45, 2.75) is 13.8 Å². The number of amides is 1. The molecule has 0 saturated carbocycles. The van der Waals surface area contributed by atoms with Crippen LogP contribution in [-0.4, -0.2) is 5.91 Å². The average Bonchev–Trinajstić information content (AvgIpc) is 2.31. The molecule has 92 valence electrons. The average molecular weight is 304 g/mol. The van der Waals surface area contributed by atoms with Crippen molar-refractivity contribution >= 4 is 27.5 Å². The lowest BCUT2D eigenvalue weighted by Crippen LogP contribution is -2.12. The van der Waals surface area contributed by atoms with Gasteiger partial charge in [-0.15, -0.1) is 0 Å². The fourth-order valence-electron chi connectivity index (χ4n) is 1.78. The van der Waals surface area contributed by atoms with Crippen molar-refractivity contribution in [2.75, 3.05) is 5.32 Å². The summed E-state index contributed by atoms with van der Waals surface area (Å²) in [7, 11) is 0. The summed E-state index contributed by atoms with van der Waals surface area (Å²) in [6, 6.07) is 13.4. The maximum absolute atomic E-state index is 12.1. The van der Waals surface area contributed by atoms with E-state index in [0.717, 1.165) is 21.3 Å². The van der Waals surface area contributed by atoms with E-state index in [1.807, 2.05) is 56.3 Å². The predicted octanol–water partition coefficient (Wildman–Crippen LogP) is 4.32. The molecule has 18 heavy (non-hydrogen) atoms. The number of halogens is 1. The van der Waals surface area contributed by atoms with E-state index in [1.54, 1.807) is 0 Å². The minimum absolute atomic E-state index is 0.0892. The van der Waals surface area contributed by atoms with Gasteiger partial charge in [0, 0.05) is 15.7 Å². The third-order valence-electron chi connectivity index (χ3n) is 2.70. The second kappa shape index (κ2) is 5.36. The highest BCUT2D eigenvalue weighted by molar-refractivity contribution is 9.10. The van der Waals surface area contributed by atoms with Crippen LogP contribution in [0.15, 0.2) is 46.9 Å². The zero-order chi connectivity index (χ0) is 13.1. The highest BCUT2D eigenvalue weighted by Crippen LogP contribution is 2.18. The van der Waals surface area contributed by atoms with Crippen LogP contribution in [0.3, 0.4) is 0 Å². The third-order valence-corrected chi connectivity index (χ3v) is 3.16. The van der Waals surface area contributed by atoms with E-state index in [4.69, 9.17) is 0 Å². The Morgan fingerprint density at radius 1 is 1.11 bits per heavy atom. The maximum atomic E-state index is 12.1. The quantitative estimate of drug-likeness (QED) is 0.879. The van der Waals surface area contributed by atoms with Gasteiger partial charge in [0.2, 0.25) is 0 Å². The molecule has 0 atom stereocenters. The van der Waals surface area contributed by atoms with Crippen LogP contribution in [-0.2, 0) is 0 Å². The van der Waals surface area contributed by atoms with Gasteiger partial charge in [-0.1, -0.05) is 34.1 Å². The molecule has 1 amide bonds. The molecule has 2 aromatic carbocycles. The molecule has 0 fully saturated rings. The number of anilines is 1. The third kappa shape index (κ3) is 2.99. The van der Waals surface area contributed by atoms with Crippen LogP contribution >= 0.6 is 15.9 Å². The fraction of sp³-hybridized carbons (Fsp3) is 0.133. The summed E-state index contributed by atoms with van der Waals surface area (Å²) >= 11 is 3.40. The minimum Gasteiger partial charge on any atom is -0.322 e. The first-order valence-corrected chi connectivity index (χ1v) is 6.50. The van der Waals surface area contributed by atoms with Crippen molar-refractivity contribution in [3.8, 4) is 0 Å². The fourth-order valence-corrected chi connectivity index (χ4v) is 2.38. The molecule has 1 N–H and O–H groups in total. The summed E-state index contributed by atoms with van der Waals surface area (Å²) in [5.74, 6) is -0.0892. The monoisotopic (exact) mass is 303 g/mol. The lowest BCUT2D eigenvalue weighted by atomic mass is 10.1. The number of aryl methyl sites for hydroxylation is 2. The van der Waals surface area contributed by atoms with Gasteiger partial charge in [0.15, 0.2) is 0 Å². The Morgan fingerprint density at radius 2 is 1.83 bits per heavy atom. The van der Waals surface area contributed by atoms with Gasteiger partial charge in [0.1, 0.15) is 0 Å². The second-order valence-corrected chi connectivity index (χ2v) is 5.20. The van der Waals surface area contributed by atoms with Crippen molar-refractivity contribution in [1.29, 1.82) is 0 Å². The molecule has 3 heteroatoms. The Bertz CT molecular complexity index is 573. The Morgan fingerprint density at radius 3 is 2.50 bits per heavy atom. The molecule has 0 bridgehead atoms. The van der Waals surface area contributed by atoms with Crippen LogP contribution < -0.4 is 5.32 Å². The van der Waals surface area contributed by atoms with Crippen molar-refractivity contribution < 1.29 is 4.79 Å². The Labute approximate surface area is 115 Å². The highest BCUT2D eigenvalue weighted by Gasteiger charge is 2.08. The van der Waals surface area contributed by atoms with E-state index < -0.39 is 0 Å². The van der Waals surface area contributed by atoms with Crippen molar-refractivity contribution in [3.05, 3.63) is 63.6 Å². The van der Waals surface area contributed by atoms with Crippen LogP contribution in [0.25, 0.3) is 0 Å². The van der Waals surface area contributed by atoms with Crippen LogP contribution in [0, 0.1) is 13.8 Å². The molecule has 2 rings (SSSR count). The Balaban J connectivity index is 2.25. The molecule has 0 unspecified atom stereocenters. The standard InChI is InChI=1S/C15H14BrNO/c1-10-7-12(9-13(16)8-10)15(18)17-14-6-4-3-5-11(14)2/h3-9H,1-2H3,(H,17,18). The van der Waals surface area contributed by atoms with Crippen LogP contribution in [0.1, 0.15) is 21.5 Å². The summed E-state index contributed by atoms with van der Waals surface area (Å²) in [5, 5.41) is 2.92. The van der Waals surface area contributed by atoms with Gasteiger partial charge in [-0.25, -0.2) is 0 Å². The largest absolute Gasteiger partial charge is 0.322 e. The Kier molecular flexibility index (Phi) is 3.82. The van der Waals surface area contributed by atoms with E-state index in [0.29, 0.717) is 5.56 Å². The van der Waals surface area contributed by atoms with Gasteiger partial charge < -0.3 is 5.32 Å². The topological polar surface area (TPSA) is 29.1 Å². The first-order valence-electron chi connectivity index (χ1n) is 5.70. The summed E-state index contributed by atoms with van der Waals surface area (Å²) in [6.07, 6.45) is 0. The van der Waals surface area contributed by atoms with Crippen molar-refractivity contribution in [1.82, 2.24) is 0 Å². The molecule has 0 heterocycles. The predicted molar refractivity (Wildman–Crippen MR) is 78.0 cm³/mol. The summed E-state index contributed by atoms with van der Waals surface area (Å²) < 4.78 is 0.914. The zero-order valence-corrected chi connectivity index (χ0v) is 11.9. The van der Waals surface area contributed by atoms with E-state index in [2.05, 4.69) is 21.2 Å². The normalized spacial score (nSPS) is 10.2. The van der Waals surface area contributed by atoms with E-state index in [-0.39, 0.29) is 5.91 Å². The molecule has 0 spiro atoms. The maximum Gasteiger partial charge on any atom is 0.255 e. The molecule has 0 aliphatic carbocycles. The molecule has 2 nitrogen and oxygen atoms in total. The number of rotatable bonds is 2. The van der Waals surface area contributed by atoms with Crippen LogP contribution in [0.5, 0.6) is 0 Å². The van der Waals surface area contributed by atoms with Crippen LogP contribution in [0.2, 0.25) is 0 Å². The number of para-hydroxylation sites is 1. The highest BCUT2D eigenvalue weighted by atomic mass is 79.9. The minimum atomic E-state index is -0.0892. The summed E-state index contributed by atoms with van der Waals surface area (Å²) in [5.41, 5.74) is 3.61. The first kappa shape index (κ1) is 12.8. The number of nitrogens with one attached hydrogen (secondary N) is 1. The van der Waals surface area contributed by atoms with Crippen LogP contribution in [0.4, 0.5) is 5.69 Å². The van der Waals surface area contributed by atoms with Gasteiger partial charge in [-0.3, -0.25) is 4.79 Å². The summed E-state index contributed by atoms with van der Waals surface area (Å²) in [4.78, 5) is 12.1. The van der Waals surface area contributed by atoms with Gasteiger partial charge in [-0.2, -0.15) is 0 Å². The zero-order valence-electron chi connectivity index (χ0n) is 10.3. The Hall–Kier alpha value is -1.61. The number of carbonyl (C=O) groups is 1.